The predicted octanol–water partition coefficient (Wildman–Crippen LogP) is 4.99. The molecule has 0 aromatic heterocycles. The zero-order valence-corrected chi connectivity index (χ0v) is 12.5. The first-order valence-corrected chi connectivity index (χ1v) is 8.05. The van der Waals surface area contributed by atoms with Crippen LogP contribution in [0.5, 0.6) is 5.75 Å². The topological polar surface area (TPSA) is 9.23 Å². The first kappa shape index (κ1) is 12.9. The molecule has 2 aromatic rings. The molecule has 0 saturated heterocycles. The molecule has 21 heavy (non-hydrogen) atoms. The van der Waals surface area contributed by atoms with Gasteiger partial charge in [-0.05, 0) is 66.2 Å². The summed E-state index contributed by atoms with van der Waals surface area (Å²) in [6.45, 7) is 0. The third kappa shape index (κ3) is 2.16. The molecule has 0 spiro atoms. The van der Waals surface area contributed by atoms with E-state index in [4.69, 9.17) is 4.74 Å². The largest absolute Gasteiger partial charge is 0.497 e. The Labute approximate surface area is 127 Å². The van der Waals surface area contributed by atoms with E-state index in [-0.39, 0.29) is 0 Å². The van der Waals surface area contributed by atoms with Crippen molar-refractivity contribution in [2.45, 2.75) is 31.1 Å². The Balaban J connectivity index is 1.71. The first-order chi connectivity index (χ1) is 10.4. The van der Waals surface area contributed by atoms with Crippen LogP contribution in [-0.2, 0) is 0 Å². The van der Waals surface area contributed by atoms with Crippen molar-refractivity contribution in [3.8, 4) is 5.75 Å². The lowest BCUT2D eigenvalue weighted by molar-refractivity contribution is 0.365. The minimum absolute atomic E-state index is 0.692. The van der Waals surface area contributed by atoms with Gasteiger partial charge in [-0.2, -0.15) is 0 Å². The molecule has 1 nitrogen and oxygen atoms in total. The van der Waals surface area contributed by atoms with Crippen molar-refractivity contribution in [2.75, 3.05) is 7.11 Å². The summed E-state index contributed by atoms with van der Waals surface area (Å²) in [4.78, 5) is 0. The minimum Gasteiger partial charge on any atom is -0.497 e. The van der Waals surface area contributed by atoms with Crippen LogP contribution in [0.15, 0.2) is 54.6 Å². The van der Waals surface area contributed by atoms with Gasteiger partial charge in [0.15, 0.2) is 0 Å². The fourth-order valence-corrected chi connectivity index (χ4v) is 4.75. The van der Waals surface area contributed by atoms with Crippen LogP contribution >= 0.6 is 0 Å². The highest BCUT2D eigenvalue weighted by atomic mass is 16.5. The zero-order chi connectivity index (χ0) is 14.2. The maximum atomic E-state index is 5.31. The molecule has 0 amide bonds. The van der Waals surface area contributed by atoms with Gasteiger partial charge in [0.2, 0.25) is 0 Å². The first-order valence-electron chi connectivity index (χ1n) is 8.05. The van der Waals surface area contributed by atoms with Gasteiger partial charge in [0.1, 0.15) is 5.75 Å². The molecule has 0 unspecified atom stereocenters. The van der Waals surface area contributed by atoms with Crippen molar-refractivity contribution >= 4 is 0 Å². The van der Waals surface area contributed by atoms with Gasteiger partial charge in [0.05, 0.1) is 7.11 Å². The number of rotatable bonds is 3. The molecule has 4 rings (SSSR count). The zero-order valence-electron chi connectivity index (χ0n) is 12.5. The van der Waals surface area contributed by atoms with Gasteiger partial charge in [0, 0.05) is 0 Å². The quantitative estimate of drug-likeness (QED) is 0.768. The monoisotopic (exact) mass is 278 g/mol. The maximum absolute atomic E-state index is 5.31. The van der Waals surface area contributed by atoms with E-state index in [9.17, 15) is 0 Å². The fourth-order valence-electron chi connectivity index (χ4n) is 4.75. The summed E-state index contributed by atoms with van der Waals surface area (Å²) < 4.78 is 5.31. The summed E-state index contributed by atoms with van der Waals surface area (Å²) in [5.74, 6) is 4.10. The van der Waals surface area contributed by atoms with Gasteiger partial charge in [-0.3, -0.25) is 0 Å². The predicted molar refractivity (Wildman–Crippen MR) is 85.7 cm³/mol. The Morgan fingerprint density at radius 3 is 1.90 bits per heavy atom. The molecule has 2 bridgehead atoms. The summed E-state index contributed by atoms with van der Waals surface area (Å²) in [5.41, 5.74) is 3.03. The van der Waals surface area contributed by atoms with E-state index in [0.717, 1.165) is 17.6 Å². The molecular formula is C20H22O. The highest BCUT2D eigenvalue weighted by Crippen LogP contribution is 2.60. The summed E-state index contributed by atoms with van der Waals surface area (Å²) in [6, 6.07) is 19.9. The van der Waals surface area contributed by atoms with E-state index in [1.165, 1.54) is 30.4 Å². The Morgan fingerprint density at radius 1 is 0.762 bits per heavy atom. The molecule has 1 heteroatoms. The standard InChI is InChI=1S/C20H22O/c1-21-18-11-9-15(10-12-18)20-17-8-7-16(13-17)19(20)14-5-3-2-4-6-14/h2-6,9-12,16-17,19-20H,7-8,13H2,1H3/t16-,17+,19+,20-/m0/s1. The van der Waals surface area contributed by atoms with Crippen molar-refractivity contribution in [3.05, 3.63) is 65.7 Å². The number of hydrogen-bond donors (Lipinski definition) is 0. The Kier molecular flexibility index (Phi) is 3.21. The lowest BCUT2D eigenvalue weighted by Gasteiger charge is -2.32. The smallest absolute Gasteiger partial charge is 0.118 e. The number of methoxy groups -OCH3 is 1. The molecule has 2 aliphatic carbocycles. The highest BCUT2D eigenvalue weighted by Gasteiger charge is 2.48. The third-order valence-electron chi connectivity index (χ3n) is 5.60. The van der Waals surface area contributed by atoms with E-state index in [1.54, 1.807) is 7.11 Å². The normalized spacial score (nSPS) is 30.5. The highest BCUT2D eigenvalue weighted by molar-refractivity contribution is 5.36. The summed E-state index contributed by atoms with van der Waals surface area (Å²) in [5, 5.41) is 0. The number of ether oxygens (including phenoxy) is 1. The van der Waals surface area contributed by atoms with Crippen LogP contribution in [0.3, 0.4) is 0 Å². The van der Waals surface area contributed by atoms with Crippen molar-refractivity contribution in [2.24, 2.45) is 11.8 Å². The molecule has 2 aromatic carbocycles. The lowest BCUT2D eigenvalue weighted by atomic mass is 9.72. The van der Waals surface area contributed by atoms with E-state index < -0.39 is 0 Å². The molecule has 108 valence electrons. The molecule has 0 N–H and O–H groups in total. The second-order valence-electron chi connectivity index (χ2n) is 6.57. The van der Waals surface area contributed by atoms with Crippen LogP contribution in [-0.4, -0.2) is 7.11 Å². The van der Waals surface area contributed by atoms with Gasteiger partial charge in [0.25, 0.3) is 0 Å². The molecule has 4 atom stereocenters. The van der Waals surface area contributed by atoms with Crippen LogP contribution in [0, 0.1) is 11.8 Å². The van der Waals surface area contributed by atoms with E-state index in [2.05, 4.69) is 54.6 Å². The van der Waals surface area contributed by atoms with Crippen LogP contribution in [0.2, 0.25) is 0 Å². The molecule has 2 aliphatic rings. The van der Waals surface area contributed by atoms with Crippen LogP contribution in [0.4, 0.5) is 0 Å². The second-order valence-corrected chi connectivity index (χ2v) is 6.57. The van der Waals surface area contributed by atoms with Crippen LogP contribution in [0.1, 0.15) is 42.2 Å². The van der Waals surface area contributed by atoms with Crippen LogP contribution in [0.25, 0.3) is 0 Å². The maximum Gasteiger partial charge on any atom is 0.118 e. The Bertz CT molecular complexity index is 601. The number of benzene rings is 2. The van der Waals surface area contributed by atoms with Gasteiger partial charge in [-0.25, -0.2) is 0 Å². The molecule has 2 fully saturated rings. The Hall–Kier alpha value is -1.76. The van der Waals surface area contributed by atoms with Crippen molar-refractivity contribution in [1.29, 1.82) is 0 Å². The summed E-state index contributed by atoms with van der Waals surface area (Å²) in [7, 11) is 1.74. The third-order valence-corrected chi connectivity index (χ3v) is 5.60. The molecule has 0 heterocycles. The van der Waals surface area contributed by atoms with E-state index in [0.29, 0.717) is 11.8 Å². The van der Waals surface area contributed by atoms with E-state index in [1.807, 2.05) is 0 Å². The van der Waals surface area contributed by atoms with Crippen LogP contribution < -0.4 is 4.74 Å². The van der Waals surface area contributed by atoms with Crippen molar-refractivity contribution < 1.29 is 4.74 Å². The molecular weight excluding hydrogens is 256 g/mol. The lowest BCUT2D eigenvalue weighted by Crippen LogP contribution is -2.19. The number of hydrogen-bond acceptors (Lipinski definition) is 1. The van der Waals surface area contributed by atoms with Crippen molar-refractivity contribution in [1.82, 2.24) is 0 Å². The second kappa shape index (κ2) is 5.22. The molecule has 0 aliphatic heterocycles. The SMILES string of the molecule is COc1ccc([C@H]2[C@@H]3CC[C@@H](C3)[C@H]2c2ccccc2)cc1. The van der Waals surface area contributed by atoms with Gasteiger partial charge in [-0.1, -0.05) is 42.5 Å². The van der Waals surface area contributed by atoms with Gasteiger partial charge < -0.3 is 4.74 Å². The van der Waals surface area contributed by atoms with Crippen molar-refractivity contribution in [3.63, 3.8) is 0 Å². The average Bonchev–Trinajstić information content (AvgIpc) is 3.17. The molecule has 0 radical (unpaired) electrons. The molecule has 2 saturated carbocycles. The number of fused-ring (bicyclic) bond motifs is 2. The minimum atomic E-state index is 0.692. The fraction of sp³-hybridized carbons (Fsp3) is 0.400. The average molecular weight is 278 g/mol. The summed E-state index contributed by atoms with van der Waals surface area (Å²) >= 11 is 0. The Morgan fingerprint density at radius 2 is 1.33 bits per heavy atom. The van der Waals surface area contributed by atoms with Gasteiger partial charge in [-0.15, -0.1) is 0 Å². The van der Waals surface area contributed by atoms with Gasteiger partial charge >= 0.3 is 0 Å². The van der Waals surface area contributed by atoms with E-state index >= 15 is 0 Å². The summed E-state index contributed by atoms with van der Waals surface area (Å²) in [6.07, 6.45) is 4.23.